The predicted molar refractivity (Wildman–Crippen MR) is 90.1 cm³/mol. The lowest BCUT2D eigenvalue weighted by Crippen LogP contribution is -2.15. The van der Waals surface area contributed by atoms with Gasteiger partial charge in [-0.15, -0.1) is 0 Å². The highest BCUT2D eigenvalue weighted by Crippen LogP contribution is 2.17. The second-order valence-corrected chi connectivity index (χ2v) is 7.23. The molecule has 1 aromatic carbocycles. The fraction of sp³-hybridized carbons (Fsp3) is 0. The van der Waals surface area contributed by atoms with Crippen LogP contribution in [0.3, 0.4) is 0 Å². The number of hydrogen-bond acceptors (Lipinski definition) is 4. The molecule has 1 aromatic heterocycles. The van der Waals surface area contributed by atoms with Crippen LogP contribution in [0.4, 0.5) is 5.69 Å². The predicted octanol–water partition coefficient (Wildman–Crippen LogP) is 2.12. The highest BCUT2D eigenvalue weighted by atomic mass is 127. The summed E-state index contributed by atoms with van der Waals surface area (Å²) in [5.41, 5.74) is 6.29. The topological polar surface area (TPSA) is 85.1 Å². The second-order valence-electron chi connectivity index (χ2n) is 3.86. The number of hydrogen-bond donors (Lipinski definition) is 2. The molecule has 0 saturated heterocycles. The zero-order valence-corrected chi connectivity index (χ0v) is 13.9. The van der Waals surface area contributed by atoms with E-state index in [2.05, 4.69) is 32.3 Å². The van der Waals surface area contributed by atoms with Crippen molar-refractivity contribution in [3.63, 3.8) is 0 Å². The van der Waals surface area contributed by atoms with Gasteiger partial charge < -0.3 is 5.73 Å². The molecule has 0 aliphatic rings. The van der Waals surface area contributed by atoms with Gasteiger partial charge in [0.05, 0.1) is 5.69 Å². The molecule has 0 unspecified atom stereocenters. The molecule has 0 atom stereocenters. The lowest BCUT2D eigenvalue weighted by molar-refractivity contribution is 0.601. The number of anilines is 1. The lowest BCUT2D eigenvalue weighted by Gasteiger charge is -2.08. The fourth-order valence-corrected chi connectivity index (χ4v) is 3.11. The summed E-state index contributed by atoms with van der Waals surface area (Å²) in [5, 5.41) is 0. The molecule has 3 N–H and O–H groups in total. The van der Waals surface area contributed by atoms with E-state index < -0.39 is 10.0 Å². The van der Waals surface area contributed by atoms with Crippen molar-refractivity contribution < 1.29 is 8.42 Å². The Labute approximate surface area is 135 Å². The molecule has 0 radical (unpaired) electrons. The van der Waals surface area contributed by atoms with Gasteiger partial charge in [0, 0.05) is 15.5 Å². The van der Waals surface area contributed by atoms with Gasteiger partial charge in [-0.05, 0) is 52.9 Å². The third kappa shape index (κ3) is 3.64. The minimum atomic E-state index is -3.67. The average molecular weight is 419 g/mol. The minimum Gasteiger partial charge on any atom is -0.388 e. The molecule has 20 heavy (non-hydrogen) atoms. The van der Waals surface area contributed by atoms with Crippen LogP contribution in [-0.2, 0) is 10.0 Å². The maximum atomic E-state index is 12.2. The van der Waals surface area contributed by atoms with Crippen LogP contribution in [0.5, 0.6) is 0 Å². The van der Waals surface area contributed by atoms with Crippen LogP contribution >= 0.6 is 34.8 Å². The number of pyridine rings is 1. The van der Waals surface area contributed by atoms with Gasteiger partial charge in [0.2, 0.25) is 0 Å². The van der Waals surface area contributed by atoms with E-state index >= 15 is 0 Å². The van der Waals surface area contributed by atoms with Gasteiger partial charge in [-0.25, -0.2) is 8.42 Å². The van der Waals surface area contributed by atoms with E-state index in [1.807, 2.05) is 6.07 Å². The first-order valence-electron chi connectivity index (χ1n) is 5.43. The van der Waals surface area contributed by atoms with Gasteiger partial charge in [0.25, 0.3) is 10.0 Å². The average Bonchev–Trinajstić information content (AvgIpc) is 2.38. The van der Waals surface area contributed by atoms with E-state index in [1.165, 1.54) is 18.3 Å². The molecule has 0 fully saturated rings. The van der Waals surface area contributed by atoms with E-state index in [0.29, 0.717) is 11.4 Å². The summed E-state index contributed by atoms with van der Waals surface area (Å²) in [6.45, 7) is 0. The number of halogens is 1. The van der Waals surface area contributed by atoms with Crippen molar-refractivity contribution in [2.24, 2.45) is 5.73 Å². The molecule has 8 heteroatoms. The molecular formula is C12H10IN3O2S2. The number of nitrogens with two attached hydrogens (primary N) is 1. The third-order valence-electron chi connectivity index (χ3n) is 2.38. The normalized spacial score (nSPS) is 11.1. The number of thiocarbonyl (C=S) groups is 1. The summed E-state index contributed by atoms with van der Waals surface area (Å²) in [4.78, 5) is 4.09. The summed E-state index contributed by atoms with van der Waals surface area (Å²) in [6, 6.07) is 9.94. The highest BCUT2D eigenvalue weighted by molar-refractivity contribution is 14.1. The molecule has 2 aromatic rings. The molecule has 2 rings (SSSR count). The van der Waals surface area contributed by atoms with Gasteiger partial charge in [0.1, 0.15) is 9.88 Å². The van der Waals surface area contributed by atoms with Gasteiger partial charge >= 0.3 is 0 Å². The molecule has 5 nitrogen and oxygen atoms in total. The smallest absolute Gasteiger partial charge is 0.263 e. The number of nitrogens with one attached hydrogen (secondary N) is 1. The fourth-order valence-electron chi connectivity index (χ4n) is 1.45. The van der Waals surface area contributed by atoms with Crippen LogP contribution in [0.25, 0.3) is 0 Å². The molecule has 104 valence electrons. The SMILES string of the molecule is NC(=S)c1ccc(S(=O)(=O)Nc2cccc(I)c2)cn1. The Morgan fingerprint density at radius 2 is 2.05 bits per heavy atom. The van der Waals surface area contributed by atoms with Crippen LogP contribution in [0.1, 0.15) is 5.69 Å². The Kier molecular flexibility index (Phi) is 4.55. The quantitative estimate of drug-likeness (QED) is 0.586. The monoisotopic (exact) mass is 419 g/mol. The summed E-state index contributed by atoms with van der Waals surface area (Å²) < 4.78 is 27.8. The largest absolute Gasteiger partial charge is 0.388 e. The van der Waals surface area contributed by atoms with Crippen molar-refractivity contribution in [2.45, 2.75) is 4.90 Å². The highest BCUT2D eigenvalue weighted by Gasteiger charge is 2.15. The van der Waals surface area contributed by atoms with Crippen molar-refractivity contribution in [1.29, 1.82) is 0 Å². The van der Waals surface area contributed by atoms with Gasteiger partial charge in [0.15, 0.2) is 0 Å². The number of aromatic nitrogens is 1. The first kappa shape index (κ1) is 15.1. The van der Waals surface area contributed by atoms with Crippen molar-refractivity contribution in [3.8, 4) is 0 Å². The second kappa shape index (κ2) is 6.02. The van der Waals surface area contributed by atoms with Gasteiger partial charge in [-0.1, -0.05) is 18.3 Å². The molecule has 0 aliphatic heterocycles. The zero-order chi connectivity index (χ0) is 14.8. The van der Waals surface area contributed by atoms with Gasteiger partial charge in [-0.3, -0.25) is 9.71 Å². The summed E-state index contributed by atoms with van der Waals surface area (Å²) in [6.07, 6.45) is 1.23. The van der Waals surface area contributed by atoms with Crippen LogP contribution in [0.15, 0.2) is 47.5 Å². The number of benzene rings is 1. The van der Waals surface area contributed by atoms with Crippen molar-refractivity contribution in [2.75, 3.05) is 4.72 Å². The first-order valence-corrected chi connectivity index (χ1v) is 8.40. The number of sulfonamides is 1. The Morgan fingerprint density at radius 3 is 2.60 bits per heavy atom. The van der Waals surface area contributed by atoms with E-state index in [0.717, 1.165) is 3.57 Å². The maximum absolute atomic E-state index is 12.2. The van der Waals surface area contributed by atoms with Crippen molar-refractivity contribution in [1.82, 2.24) is 4.98 Å². The summed E-state index contributed by atoms with van der Waals surface area (Å²) in [7, 11) is -3.67. The maximum Gasteiger partial charge on any atom is 0.263 e. The number of nitrogens with zero attached hydrogens (tertiary/aromatic N) is 1. The molecule has 0 amide bonds. The van der Waals surface area contributed by atoms with E-state index in [4.69, 9.17) is 18.0 Å². The zero-order valence-electron chi connectivity index (χ0n) is 10.1. The van der Waals surface area contributed by atoms with Crippen molar-refractivity contribution >= 4 is 55.5 Å². The minimum absolute atomic E-state index is 0.0522. The van der Waals surface area contributed by atoms with Crippen molar-refractivity contribution in [3.05, 3.63) is 51.9 Å². The summed E-state index contributed by atoms with van der Waals surface area (Å²) in [5.74, 6) is 0. The third-order valence-corrected chi connectivity index (χ3v) is 4.62. The van der Waals surface area contributed by atoms with Gasteiger partial charge in [-0.2, -0.15) is 0 Å². The van der Waals surface area contributed by atoms with Crippen LogP contribution in [0.2, 0.25) is 0 Å². The first-order chi connectivity index (χ1) is 9.38. The summed E-state index contributed by atoms with van der Waals surface area (Å²) >= 11 is 6.88. The standard InChI is InChI=1S/C12H10IN3O2S2/c13-8-2-1-3-9(6-8)16-20(17,18)10-4-5-11(12(14)19)15-7-10/h1-7,16H,(H2,14,19). The Balaban J connectivity index is 2.28. The van der Waals surface area contributed by atoms with E-state index in [-0.39, 0.29) is 9.88 Å². The lowest BCUT2D eigenvalue weighted by atomic mass is 10.3. The molecule has 1 heterocycles. The van der Waals surface area contributed by atoms with Crippen LogP contribution in [-0.4, -0.2) is 18.4 Å². The molecule has 0 aliphatic carbocycles. The molecule has 0 saturated carbocycles. The van der Waals surface area contributed by atoms with Crippen LogP contribution < -0.4 is 10.5 Å². The van der Waals surface area contributed by atoms with E-state index in [1.54, 1.807) is 18.2 Å². The van der Waals surface area contributed by atoms with Crippen LogP contribution in [0, 0.1) is 3.57 Å². The number of rotatable bonds is 4. The van der Waals surface area contributed by atoms with E-state index in [9.17, 15) is 8.42 Å². The Bertz CT molecular complexity index is 746. The molecule has 0 bridgehead atoms. The molecule has 0 spiro atoms. The Hall–Kier alpha value is -1.26. The molecular weight excluding hydrogens is 409 g/mol. The Morgan fingerprint density at radius 1 is 1.30 bits per heavy atom.